The van der Waals surface area contributed by atoms with E-state index in [4.69, 9.17) is 10.5 Å². The molecule has 1 heterocycles. The summed E-state index contributed by atoms with van der Waals surface area (Å²) in [7, 11) is 0. The maximum atomic E-state index is 5.72. The number of hydrogen-bond donors (Lipinski definition) is 1. The van der Waals surface area contributed by atoms with Crippen LogP contribution in [0.15, 0.2) is 24.3 Å². The summed E-state index contributed by atoms with van der Waals surface area (Å²) in [6.45, 7) is 4.61. The maximum absolute atomic E-state index is 5.72. The topological polar surface area (TPSA) is 48.1 Å². The van der Waals surface area contributed by atoms with Gasteiger partial charge in [-0.15, -0.1) is 0 Å². The molecular formula is C12H14N2O. The Morgan fingerprint density at radius 1 is 1.33 bits per heavy atom. The first-order chi connectivity index (χ1) is 7.20. The van der Waals surface area contributed by atoms with Crippen molar-refractivity contribution >= 4 is 16.6 Å². The van der Waals surface area contributed by atoms with E-state index in [9.17, 15) is 0 Å². The molecule has 78 valence electrons. The number of aromatic nitrogens is 1. The van der Waals surface area contributed by atoms with E-state index in [2.05, 4.69) is 4.98 Å². The molecule has 1 aromatic heterocycles. The highest BCUT2D eigenvalue weighted by atomic mass is 16.5. The number of nitrogen functional groups attached to an aromatic ring is 1. The molecule has 0 saturated heterocycles. The molecule has 0 radical (unpaired) electrons. The normalized spacial score (nSPS) is 10.5. The number of nitrogens with two attached hydrogens (primary N) is 1. The molecule has 0 aliphatic heterocycles. The van der Waals surface area contributed by atoms with E-state index in [0.717, 1.165) is 22.2 Å². The summed E-state index contributed by atoms with van der Waals surface area (Å²) in [5, 5.41) is 1.12. The molecule has 0 aliphatic rings. The van der Waals surface area contributed by atoms with Gasteiger partial charge in [0.15, 0.2) is 0 Å². The lowest BCUT2D eigenvalue weighted by Crippen LogP contribution is -1.96. The summed E-state index contributed by atoms with van der Waals surface area (Å²) in [6.07, 6.45) is 0. The highest BCUT2D eigenvalue weighted by Crippen LogP contribution is 2.23. The predicted octanol–water partition coefficient (Wildman–Crippen LogP) is 2.52. The van der Waals surface area contributed by atoms with Crippen molar-refractivity contribution < 1.29 is 4.74 Å². The second-order valence-electron chi connectivity index (χ2n) is 3.49. The van der Waals surface area contributed by atoms with Gasteiger partial charge < -0.3 is 10.5 Å². The second kappa shape index (κ2) is 3.77. The molecule has 3 heteroatoms. The van der Waals surface area contributed by atoms with Gasteiger partial charge in [0.1, 0.15) is 0 Å². The highest BCUT2D eigenvalue weighted by Gasteiger charge is 2.03. The monoisotopic (exact) mass is 202 g/mol. The summed E-state index contributed by atoms with van der Waals surface area (Å²) in [6, 6.07) is 7.69. The first-order valence-electron chi connectivity index (χ1n) is 5.00. The predicted molar refractivity (Wildman–Crippen MR) is 62.1 cm³/mol. The van der Waals surface area contributed by atoms with Crippen LogP contribution < -0.4 is 10.5 Å². The number of nitrogens with zero attached hydrogens (tertiary/aromatic N) is 1. The molecule has 0 spiro atoms. The fourth-order valence-corrected chi connectivity index (χ4v) is 1.61. The fourth-order valence-electron chi connectivity index (χ4n) is 1.61. The van der Waals surface area contributed by atoms with E-state index in [1.54, 1.807) is 0 Å². The smallest absolute Gasteiger partial charge is 0.214 e. The molecule has 0 saturated carbocycles. The maximum Gasteiger partial charge on any atom is 0.214 e. The Kier molecular flexibility index (Phi) is 2.46. The van der Waals surface area contributed by atoms with Crippen LogP contribution in [-0.2, 0) is 0 Å². The quantitative estimate of drug-likeness (QED) is 0.761. The number of rotatable bonds is 2. The molecule has 0 aliphatic carbocycles. The van der Waals surface area contributed by atoms with Gasteiger partial charge in [0, 0.05) is 17.1 Å². The lowest BCUT2D eigenvalue weighted by Gasteiger charge is -2.07. The van der Waals surface area contributed by atoms with Crippen molar-refractivity contribution in [3.05, 3.63) is 29.8 Å². The Morgan fingerprint density at radius 3 is 2.87 bits per heavy atom. The standard InChI is InChI=1S/C12H14N2O/c1-3-15-12-6-8(2)10-5-4-9(13)7-11(10)14-12/h4-7H,3,13H2,1-2H3. The van der Waals surface area contributed by atoms with Gasteiger partial charge in [0.25, 0.3) is 0 Å². The van der Waals surface area contributed by atoms with Crippen molar-refractivity contribution in [2.24, 2.45) is 0 Å². The Bertz CT molecular complexity index is 494. The zero-order valence-electron chi connectivity index (χ0n) is 8.95. The third-order valence-corrected chi connectivity index (χ3v) is 2.31. The van der Waals surface area contributed by atoms with Gasteiger partial charge in [-0.05, 0) is 31.5 Å². The Morgan fingerprint density at radius 2 is 2.13 bits per heavy atom. The largest absolute Gasteiger partial charge is 0.478 e. The Labute approximate surface area is 88.9 Å². The Hall–Kier alpha value is -1.77. The zero-order valence-corrected chi connectivity index (χ0v) is 8.95. The van der Waals surface area contributed by atoms with Crippen molar-refractivity contribution in [1.29, 1.82) is 0 Å². The van der Waals surface area contributed by atoms with E-state index >= 15 is 0 Å². The molecule has 0 bridgehead atoms. The van der Waals surface area contributed by atoms with E-state index in [0.29, 0.717) is 12.5 Å². The van der Waals surface area contributed by atoms with E-state index < -0.39 is 0 Å². The van der Waals surface area contributed by atoms with Crippen molar-refractivity contribution in [2.45, 2.75) is 13.8 Å². The fraction of sp³-hybridized carbons (Fsp3) is 0.250. The number of ether oxygens (including phenoxy) is 1. The average Bonchev–Trinajstić information content (AvgIpc) is 2.17. The van der Waals surface area contributed by atoms with Crippen molar-refractivity contribution in [3.63, 3.8) is 0 Å². The first-order valence-corrected chi connectivity index (χ1v) is 5.00. The molecule has 0 atom stereocenters. The van der Waals surface area contributed by atoms with Gasteiger partial charge in [-0.25, -0.2) is 4.98 Å². The summed E-state index contributed by atoms with van der Waals surface area (Å²) in [5.41, 5.74) is 8.49. The number of aryl methyl sites for hydroxylation is 1. The van der Waals surface area contributed by atoms with Crippen molar-refractivity contribution in [2.75, 3.05) is 12.3 Å². The van der Waals surface area contributed by atoms with E-state index in [-0.39, 0.29) is 0 Å². The summed E-state index contributed by atoms with van der Waals surface area (Å²) in [4.78, 5) is 4.38. The summed E-state index contributed by atoms with van der Waals surface area (Å²) in [5.74, 6) is 0.660. The van der Waals surface area contributed by atoms with Crippen LogP contribution in [0.1, 0.15) is 12.5 Å². The van der Waals surface area contributed by atoms with Crippen LogP contribution in [0.3, 0.4) is 0 Å². The summed E-state index contributed by atoms with van der Waals surface area (Å²) >= 11 is 0. The van der Waals surface area contributed by atoms with Crippen LogP contribution in [0.4, 0.5) is 5.69 Å². The van der Waals surface area contributed by atoms with Crippen LogP contribution in [-0.4, -0.2) is 11.6 Å². The van der Waals surface area contributed by atoms with Crippen LogP contribution in [0.5, 0.6) is 5.88 Å². The number of fused-ring (bicyclic) bond motifs is 1. The van der Waals surface area contributed by atoms with Gasteiger partial charge in [0.05, 0.1) is 12.1 Å². The molecule has 0 fully saturated rings. The molecule has 2 rings (SSSR count). The average molecular weight is 202 g/mol. The van der Waals surface area contributed by atoms with Crippen molar-refractivity contribution in [1.82, 2.24) is 4.98 Å². The van der Waals surface area contributed by atoms with Crippen LogP contribution >= 0.6 is 0 Å². The van der Waals surface area contributed by atoms with Gasteiger partial charge in [0.2, 0.25) is 5.88 Å². The van der Waals surface area contributed by atoms with Gasteiger partial charge in [-0.1, -0.05) is 6.07 Å². The third-order valence-electron chi connectivity index (χ3n) is 2.31. The molecular weight excluding hydrogens is 188 g/mol. The number of pyridine rings is 1. The third kappa shape index (κ3) is 1.86. The lowest BCUT2D eigenvalue weighted by molar-refractivity contribution is 0.328. The van der Waals surface area contributed by atoms with Crippen LogP contribution in [0, 0.1) is 6.92 Å². The van der Waals surface area contributed by atoms with Crippen LogP contribution in [0.2, 0.25) is 0 Å². The number of anilines is 1. The zero-order chi connectivity index (χ0) is 10.8. The lowest BCUT2D eigenvalue weighted by atomic mass is 10.1. The van der Waals surface area contributed by atoms with Gasteiger partial charge in [-0.3, -0.25) is 0 Å². The second-order valence-corrected chi connectivity index (χ2v) is 3.49. The van der Waals surface area contributed by atoms with E-state index in [1.807, 2.05) is 38.1 Å². The SMILES string of the molecule is CCOc1cc(C)c2ccc(N)cc2n1. The molecule has 15 heavy (non-hydrogen) atoms. The Balaban J connectivity index is 2.63. The van der Waals surface area contributed by atoms with Gasteiger partial charge in [-0.2, -0.15) is 0 Å². The molecule has 1 aromatic carbocycles. The number of hydrogen-bond acceptors (Lipinski definition) is 3. The minimum Gasteiger partial charge on any atom is -0.478 e. The van der Waals surface area contributed by atoms with Gasteiger partial charge >= 0.3 is 0 Å². The molecule has 0 amide bonds. The highest BCUT2D eigenvalue weighted by molar-refractivity contribution is 5.85. The minimum atomic E-state index is 0.625. The minimum absolute atomic E-state index is 0.625. The van der Waals surface area contributed by atoms with Crippen LogP contribution in [0.25, 0.3) is 10.9 Å². The van der Waals surface area contributed by atoms with Crippen molar-refractivity contribution in [3.8, 4) is 5.88 Å². The first kappa shape index (κ1) is 9.77. The molecule has 2 aromatic rings. The number of benzene rings is 1. The molecule has 0 unspecified atom stereocenters. The molecule has 2 N–H and O–H groups in total. The summed E-state index contributed by atoms with van der Waals surface area (Å²) < 4.78 is 5.38. The van der Waals surface area contributed by atoms with E-state index in [1.165, 1.54) is 0 Å². The molecule has 3 nitrogen and oxygen atoms in total.